The molecule has 0 spiro atoms. The number of pyridine rings is 1. The van der Waals surface area contributed by atoms with E-state index in [-0.39, 0.29) is 12.4 Å². The summed E-state index contributed by atoms with van der Waals surface area (Å²) < 4.78 is 29.5. The molecule has 1 atom stereocenters. The number of hydrogen-bond acceptors (Lipinski definition) is 5. The van der Waals surface area contributed by atoms with Crippen molar-refractivity contribution in [2.24, 2.45) is 0 Å². The van der Waals surface area contributed by atoms with Gasteiger partial charge in [-0.2, -0.15) is 0 Å². The average molecular weight is 494 g/mol. The summed E-state index contributed by atoms with van der Waals surface area (Å²) in [5, 5.41) is 3.14. The standard InChI is InChI=1S/C25H34FN2O3PS/c26-23-18-22(19-27-15-9-16-31-32(29)30)28-20-24(23)33-17-8-7-14-25(12-5-2-6-13-25)21-10-3-1-4-11-21/h1,3-4,10-11,18,20,27H,2,5-9,12-17,19H2/p+1. The van der Waals surface area contributed by atoms with Crippen molar-refractivity contribution in [2.75, 3.05) is 18.9 Å². The SMILES string of the molecule is O=[P+](O)OCCCNCc1cc(F)c(SCCCCC2(c3ccccc3)CCCCC2)cn1. The molecule has 1 heterocycles. The fourth-order valence-electron chi connectivity index (χ4n) is 4.67. The molecule has 5 nitrogen and oxygen atoms in total. The first-order valence-electron chi connectivity index (χ1n) is 11.9. The molecule has 2 aromatic rings. The molecule has 0 amide bonds. The smallest absolute Gasteiger partial charge is 0.311 e. The zero-order valence-electron chi connectivity index (χ0n) is 19.2. The highest BCUT2D eigenvalue weighted by molar-refractivity contribution is 7.99. The topological polar surface area (TPSA) is 71.5 Å². The maximum atomic E-state index is 14.5. The maximum Gasteiger partial charge on any atom is 0.694 e. The minimum atomic E-state index is -2.54. The van der Waals surface area contributed by atoms with Gasteiger partial charge in [-0.15, -0.1) is 21.2 Å². The van der Waals surface area contributed by atoms with Crippen LogP contribution in [0.4, 0.5) is 4.39 Å². The molecule has 3 rings (SSSR count). The second kappa shape index (κ2) is 14.1. The molecule has 0 radical (unpaired) electrons. The Morgan fingerprint density at radius 2 is 1.94 bits per heavy atom. The zero-order chi connectivity index (χ0) is 23.4. The van der Waals surface area contributed by atoms with E-state index < -0.39 is 8.25 Å². The van der Waals surface area contributed by atoms with E-state index in [4.69, 9.17) is 4.89 Å². The number of thioether (sulfide) groups is 1. The first kappa shape index (κ1) is 26.2. The van der Waals surface area contributed by atoms with Crippen LogP contribution in [0.3, 0.4) is 0 Å². The summed E-state index contributed by atoms with van der Waals surface area (Å²) >= 11 is 1.55. The number of nitrogens with one attached hydrogen (secondary N) is 1. The summed E-state index contributed by atoms with van der Waals surface area (Å²) in [7, 11) is -2.54. The molecule has 1 saturated carbocycles. The quantitative estimate of drug-likeness (QED) is 0.177. The first-order chi connectivity index (χ1) is 16.1. The third-order valence-corrected chi connectivity index (χ3v) is 7.89. The van der Waals surface area contributed by atoms with Crippen molar-refractivity contribution < 1.29 is 18.4 Å². The van der Waals surface area contributed by atoms with Gasteiger partial charge >= 0.3 is 8.25 Å². The predicted molar refractivity (Wildman–Crippen MR) is 132 cm³/mol. The fourth-order valence-corrected chi connectivity index (χ4v) is 5.85. The largest absolute Gasteiger partial charge is 0.694 e. The van der Waals surface area contributed by atoms with Crippen LogP contribution in [0.2, 0.25) is 0 Å². The first-order valence-corrected chi connectivity index (χ1v) is 14.0. The lowest BCUT2D eigenvalue weighted by Crippen LogP contribution is -2.29. The molecule has 0 saturated heterocycles. The Bertz CT molecular complexity index is 866. The summed E-state index contributed by atoms with van der Waals surface area (Å²) in [6.45, 7) is 1.27. The van der Waals surface area contributed by atoms with Crippen molar-refractivity contribution in [1.82, 2.24) is 10.3 Å². The third kappa shape index (κ3) is 8.73. The van der Waals surface area contributed by atoms with Crippen LogP contribution in [-0.2, 0) is 21.0 Å². The van der Waals surface area contributed by atoms with E-state index in [1.807, 2.05) is 0 Å². The second-order valence-electron chi connectivity index (χ2n) is 8.72. The highest BCUT2D eigenvalue weighted by atomic mass is 32.2. The molecule has 1 aliphatic carbocycles. The van der Waals surface area contributed by atoms with Gasteiger partial charge in [0, 0.05) is 17.3 Å². The number of rotatable bonds is 14. The van der Waals surface area contributed by atoms with Crippen molar-refractivity contribution in [1.29, 1.82) is 0 Å². The number of halogens is 1. The zero-order valence-corrected chi connectivity index (χ0v) is 20.9. The van der Waals surface area contributed by atoms with Gasteiger partial charge in [-0.3, -0.25) is 4.98 Å². The maximum absolute atomic E-state index is 14.5. The molecular formula is C25H35FN2O3PS+. The molecule has 180 valence electrons. The Hall–Kier alpha value is -1.37. The van der Waals surface area contributed by atoms with E-state index in [0.717, 1.165) is 18.6 Å². The van der Waals surface area contributed by atoms with E-state index in [1.165, 1.54) is 50.2 Å². The van der Waals surface area contributed by atoms with Crippen molar-refractivity contribution in [2.45, 2.75) is 74.6 Å². The van der Waals surface area contributed by atoms with E-state index in [9.17, 15) is 8.96 Å². The number of benzene rings is 1. The molecule has 1 aromatic heterocycles. The van der Waals surface area contributed by atoms with Crippen LogP contribution >= 0.6 is 20.0 Å². The molecule has 1 aromatic carbocycles. The Kier molecular flexibility index (Phi) is 11.2. The van der Waals surface area contributed by atoms with Crippen LogP contribution in [0.25, 0.3) is 0 Å². The summed E-state index contributed by atoms with van der Waals surface area (Å²) in [5.41, 5.74) is 2.47. The van der Waals surface area contributed by atoms with Gasteiger partial charge < -0.3 is 5.32 Å². The van der Waals surface area contributed by atoms with E-state index >= 15 is 0 Å². The van der Waals surface area contributed by atoms with Gasteiger partial charge in [-0.25, -0.2) is 4.39 Å². The second-order valence-corrected chi connectivity index (χ2v) is 10.6. The molecule has 8 heteroatoms. The summed E-state index contributed by atoms with van der Waals surface area (Å²) in [4.78, 5) is 13.5. The van der Waals surface area contributed by atoms with Crippen LogP contribution in [0, 0.1) is 5.82 Å². The Morgan fingerprint density at radius 1 is 1.15 bits per heavy atom. The molecule has 1 fully saturated rings. The van der Waals surface area contributed by atoms with Gasteiger partial charge in [0.1, 0.15) is 12.4 Å². The lowest BCUT2D eigenvalue weighted by Gasteiger charge is -2.38. The summed E-state index contributed by atoms with van der Waals surface area (Å²) in [6.07, 6.45) is 12.2. The normalized spacial score (nSPS) is 16.0. The molecule has 2 N–H and O–H groups in total. The number of nitrogens with zero attached hydrogens (tertiary/aromatic N) is 1. The Morgan fingerprint density at radius 3 is 2.67 bits per heavy atom. The molecule has 1 unspecified atom stereocenters. The molecule has 0 aliphatic heterocycles. The Balaban J connectivity index is 1.38. The number of aromatic nitrogens is 1. The summed E-state index contributed by atoms with van der Waals surface area (Å²) in [5.74, 6) is 0.675. The highest BCUT2D eigenvalue weighted by Gasteiger charge is 2.32. The van der Waals surface area contributed by atoms with Crippen LogP contribution in [0.1, 0.15) is 69.0 Å². The van der Waals surface area contributed by atoms with Crippen LogP contribution in [0.5, 0.6) is 0 Å². The fraction of sp³-hybridized carbons (Fsp3) is 0.560. The van der Waals surface area contributed by atoms with Gasteiger partial charge in [0.2, 0.25) is 0 Å². The van der Waals surface area contributed by atoms with Crippen LogP contribution in [-0.4, -0.2) is 28.8 Å². The van der Waals surface area contributed by atoms with Crippen molar-refractivity contribution in [3.8, 4) is 0 Å². The van der Waals surface area contributed by atoms with E-state index in [0.29, 0.717) is 35.5 Å². The van der Waals surface area contributed by atoms with Gasteiger partial charge in [-0.1, -0.05) is 56.0 Å². The predicted octanol–water partition coefficient (Wildman–Crippen LogP) is 6.53. The van der Waals surface area contributed by atoms with Crippen molar-refractivity contribution in [3.63, 3.8) is 0 Å². The molecular weight excluding hydrogens is 458 g/mol. The molecule has 0 bridgehead atoms. The summed E-state index contributed by atoms with van der Waals surface area (Å²) in [6, 6.07) is 12.5. The Labute approximate surface area is 201 Å². The lowest BCUT2D eigenvalue weighted by molar-refractivity contribution is 0.268. The van der Waals surface area contributed by atoms with Crippen molar-refractivity contribution in [3.05, 3.63) is 59.7 Å². The number of unbranched alkanes of at least 4 members (excludes halogenated alkanes) is 1. The van der Waals surface area contributed by atoms with Gasteiger partial charge in [0.05, 0.1) is 10.6 Å². The van der Waals surface area contributed by atoms with Gasteiger partial charge in [0.25, 0.3) is 0 Å². The lowest BCUT2D eigenvalue weighted by atomic mass is 9.67. The van der Waals surface area contributed by atoms with Crippen molar-refractivity contribution >= 4 is 20.0 Å². The van der Waals surface area contributed by atoms with Crippen LogP contribution in [0.15, 0.2) is 47.5 Å². The number of hydrogen-bond donors (Lipinski definition) is 2. The van der Waals surface area contributed by atoms with E-state index in [2.05, 4.69) is 45.2 Å². The highest BCUT2D eigenvalue weighted by Crippen LogP contribution is 2.43. The monoisotopic (exact) mass is 493 g/mol. The molecule has 33 heavy (non-hydrogen) atoms. The minimum absolute atomic E-state index is 0.211. The van der Waals surface area contributed by atoms with Gasteiger partial charge in [0.15, 0.2) is 0 Å². The molecule has 1 aliphatic rings. The third-order valence-electron chi connectivity index (χ3n) is 6.39. The van der Waals surface area contributed by atoms with Gasteiger partial charge in [-0.05, 0) is 61.4 Å². The van der Waals surface area contributed by atoms with Crippen LogP contribution < -0.4 is 5.32 Å². The minimum Gasteiger partial charge on any atom is -0.311 e. The average Bonchev–Trinajstić information content (AvgIpc) is 2.83. The van der Waals surface area contributed by atoms with E-state index in [1.54, 1.807) is 18.0 Å².